The van der Waals surface area contributed by atoms with E-state index < -0.39 is 5.41 Å². The molecule has 0 fully saturated rings. The van der Waals surface area contributed by atoms with Crippen LogP contribution in [0.5, 0.6) is 0 Å². The molecule has 0 spiro atoms. The molecule has 1 amide bonds. The van der Waals surface area contributed by atoms with Crippen LogP contribution in [0.15, 0.2) is 48.5 Å². The van der Waals surface area contributed by atoms with Crippen molar-refractivity contribution in [2.45, 2.75) is 31.6 Å². The average Bonchev–Trinajstić information content (AvgIpc) is 2.80. The first-order valence-corrected chi connectivity index (χ1v) is 8.14. The molecular formula is C20H19NO2. The second kappa shape index (κ2) is 5.05. The summed E-state index contributed by atoms with van der Waals surface area (Å²) in [5.74, 6) is 0.0998. The maximum absolute atomic E-state index is 13.0. The van der Waals surface area contributed by atoms with Gasteiger partial charge in [-0.25, -0.2) is 0 Å². The lowest BCUT2D eigenvalue weighted by Crippen LogP contribution is -2.41. The number of aryl methyl sites for hydroxylation is 1. The van der Waals surface area contributed by atoms with E-state index in [4.69, 9.17) is 0 Å². The molecule has 3 nitrogen and oxygen atoms in total. The highest BCUT2D eigenvalue weighted by atomic mass is 16.2. The number of hydrogen-bond acceptors (Lipinski definition) is 2. The topological polar surface area (TPSA) is 37.4 Å². The smallest absolute Gasteiger partial charge is 0.237 e. The Morgan fingerprint density at radius 3 is 2.70 bits per heavy atom. The number of Topliss-reactive ketones (excluding diaryl/α,β-unsaturated/α-hetero) is 1. The lowest BCUT2D eigenvalue weighted by Gasteiger charge is -2.26. The highest BCUT2D eigenvalue weighted by molar-refractivity contribution is 6.12. The number of ketones is 1. The third-order valence-electron chi connectivity index (χ3n) is 5.14. The van der Waals surface area contributed by atoms with Gasteiger partial charge < -0.3 is 4.90 Å². The van der Waals surface area contributed by atoms with E-state index in [-0.39, 0.29) is 18.1 Å². The fourth-order valence-electron chi connectivity index (χ4n) is 3.93. The Labute approximate surface area is 135 Å². The van der Waals surface area contributed by atoms with E-state index in [2.05, 4.69) is 6.07 Å². The van der Waals surface area contributed by atoms with E-state index in [1.165, 1.54) is 5.56 Å². The molecule has 2 aliphatic rings. The standard InChI is InChI=1S/C20H19NO2/c1-20(13-17(22)14-7-3-2-4-8-14)16-11-5-9-15-10-6-12-21(18(15)16)19(20)23/h2-5,7-9,11H,6,10,12-13H2,1H3. The molecule has 1 unspecified atom stereocenters. The molecule has 0 saturated carbocycles. The average molecular weight is 305 g/mol. The lowest BCUT2D eigenvalue weighted by atomic mass is 9.78. The van der Waals surface area contributed by atoms with Gasteiger partial charge in [0.1, 0.15) is 0 Å². The number of rotatable bonds is 3. The fourth-order valence-corrected chi connectivity index (χ4v) is 3.93. The van der Waals surface area contributed by atoms with Crippen molar-refractivity contribution in [3.8, 4) is 0 Å². The number of para-hydroxylation sites is 1. The van der Waals surface area contributed by atoms with Crippen molar-refractivity contribution < 1.29 is 9.59 Å². The monoisotopic (exact) mass is 305 g/mol. The fraction of sp³-hybridized carbons (Fsp3) is 0.300. The van der Waals surface area contributed by atoms with Crippen LogP contribution < -0.4 is 4.90 Å². The van der Waals surface area contributed by atoms with Crippen molar-refractivity contribution in [1.82, 2.24) is 0 Å². The molecule has 0 bridgehead atoms. The van der Waals surface area contributed by atoms with Gasteiger partial charge in [0.25, 0.3) is 0 Å². The van der Waals surface area contributed by atoms with Gasteiger partial charge in [-0.15, -0.1) is 0 Å². The van der Waals surface area contributed by atoms with E-state index in [0.29, 0.717) is 5.56 Å². The summed E-state index contributed by atoms with van der Waals surface area (Å²) in [5, 5.41) is 0. The maximum Gasteiger partial charge on any atom is 0.237 e. The first-order valence-electron chi connectivity index (χ1n) is 8.14. The highest BCUT2D eigenvalue weighted by Gasteiger charge is 2.49. The highest BCUT2D eigenvalue weighted by Crippen LogP contribution is 2.47. The minimum Gasteiger partial charge on any atom is -0.311 e. The summed E-state index contributed by atoms with van der Waals surface area (Å²) in [7, 11) is 0. The van der Waals surface area contributed by atoms with Crippen molar-refractivity contribution in [3.05, 3.63) is 65.2 Å². The summed E-state index contributed by atoms with van der Waals surface area (Å²) in [5.41, 5.74) is 3.24. The zero-order chi connectivity index (χ0) is 16.0. The van der Waals surface area contributed by atoms with Crippen molar-refractivity contribution in [3.63, 3.8) is 0 Å². The summed E-state index contributed by atoms with van der Waals surface area (Å²) < 4.78 is 0. The van der Waals surface area contributed by atoms with E-state index in [1.807, 2.05) is 54.3 Å². The molecule has 2 aliphatic heterocycles. The molecule has 2 aromatic carbocycles. The van der Waals surface area contributed by atoms with Crippen LogP contribution >= 0.6 is 0 Å². The van der Waals surface area contributed by atoms with Crippen LogP contribution in [0.3, 0.4) is 0 Å². The van der Waals surface area contributed by atoms with Gasteiger partial charge in [0.05, 0.1) is 11.1 Å². The summed E-state index contributed by atoms with van der Waals surface area (Å²) in [4.78, 5) is 27.6. The van der Waals surface area contributed by atoms with Crippen LogP contribution in [0.1, 0.15) is 41.3 Å². The Morgan fingerprint density at radius 1 is 1.13 bits per heavy atom. The van der Waals surface area contributed by atoms with E-state index >= 15 is 0 Å². The Hall–Kier alpha value is -2.42. The second-order valence-corrected chi connectivity index (χ2v) is 6.67. The number of carbonyl (C=O) groups is 2. The van der Waals surface area contributed by atoms with Gasteiger partial charge in [-0.1, -0.05) is 48.5 Å². The largest absolute Gasteiger partial charge is 0.311 e. The molecule has 2 heterocycles. The number of benzene rings is 2. The first kappa shape index (κ1) is 14.2. The normalized spacial score (nSPS) is 22.1. The minimum absolute atomic E-state index is 0.0268. The summed E-state index contributed by atoms with van der Waals surface area (Å²) in [6, 6.07) is 15.4. The number of nitrogens with zero attached hydrogens (tertiary/aromatic N) is 1. The molecule has 0 radical (unpaired) electrons. The quantitative estimate of drug-likeness (QED) is 0.814. The number of amides is 1. The molecule has 4 rings (SSSR count). The minimum atomic E-state index is -0.747. The molecule has 2 aromatic rings. The Morgan fingerprint density at radius 2 is 1.91 bits per heavy atom. The van der Waals surface area contributed by atoms with Crippen LogP contribution in [0, 0.1) is 0 Å². The Kier molecular flexibility index (Phi) is 3.12. The van der Waals surface area contributed by atoms with Crippen molar-refractivity contribution in [1.29, 1.82) is 0 Å². The number of carbonyl (C=O) groups excluding carboxylic acids is 2. The van der Waals surface area contributed by atoms with Crippen molar-refractivity contribution >= 4 is 17.4 Å². The summed E-state index contributed by atoms with van der Waals surface area (Å²) in [6.45, 7) is 2.68. The molecular weight excluding hydrogens is 286 g/mol. The predicted molar refractivity (Wildman–Crippen MR) is 89.9 cm³/mol. The maximum atomic E-state index is 13.0. The van der Waals surface area contributed by atoms with Gasteiger partial charge in [-0.05, 0) is 30.9 Å². The van der Waals surface area contributed by atoms with Crippen molar-refractivity contribution in [2.24, 2.45) is 0 Å². The molecule has 116 valence electrons. The van der Waals surface area contributed by atoms with Crippen LogP contribution in [-0.4, -0.2) is 18.2 Å². The third kappa shape index (κ3) is 2.03. The van der Waals surface area contributed by atoms with Gasteiger partial charge in [-0.2, -0.15) is 0 Å². The van der Waals surface area contributed by atoms with Crippen LogP contribution in [0.25, 0.3) is 0 Å². The van der Waals surface area contributed by atoms with Crippen molar-refractivity contribution in [2.75, 3.05) is 11.4 Å². The Balaban J connectivity index is 1.76. The molecule has 23 heavy (non-hydrogen) atoms. The third-order valence-corrected chi connectivity index (χ3v) is 5.14. The van der Waals surface area contributed by atoms with E-state index in [9.17, 15) is 9.59 Å². The van der Waals surface area contributed by atoms with Gasteiger partial charge >= 0.3 is 0 Å². The van der Waals surface area contributed by atoms with E-state index in [0.717, 1.165) is 30.6 Å². The van der Waals surface area contributed by atoms with Gasteiger partial charge in [-0.3, -0.25) is 9.59 Å². The van der Waals surface area contributed by atoms with Gasteiger partial charge in [0.15, 0.2) is 5.78 Å². The second-order valence-electron chi connectivity index (χ2n) is 6.67. The van der Waals surface area contributed by atoms with Crippen LogP contribution in [0.4, 0.5) is 5.69 Å². The van der Waals surface area contributed by atoms with Gasteiger partial charge in [0.2, 0.25) is 5.91 Å². The van der Waals surface area contributed by atoms with Gasteiger partial charge in [0, 0.05) is 18.5 Å². The zero-order valence-corrected chi connectivity index (χ0v) is 13.2. The molecule has 0 aromatic heterocycles. The number of anilines is 1. The predicted octanol–water partition coefficient (Wildman–Crippen LogP) is 3.51. The molecule has 1 atom stereocenters. The molecule has 3 heteroatoms. The summed E-state index contributed by atoms with van der Waals surface area (Å²) >= 11 is 0. The molecule has 0 saturated heterocycles. The first-order chi connectivity index (χ1) is 11.1. The SMILES string of the molecule is CC1(CC(=O)c2ccccc2)C(=O)N2CCCc3cccc1c32. The summed E-state index contributed by atoms with van der Waals surface area (Å²) in [6.07, 6.45) is 2.23. The zero-order valence-electron chi connectivity index (χ0n) is 13.2. The number of hydrogen-bond donors (Lipinski definition) is 0. The molecule has 0 aliphatic carbocycles. The van der Waals surface area contributed by atoms with Crippen LogP contribution in [0.2, 0.25) is 0 Å². The van der Waals surface area contributed by atoms with E-state index in [1.54, 1.807) is 0 Å². The van der Waals surface area contributed by atoms with Crippen LogP contribution in [-0.2, 0) is 16.6 Å². The lowest BCUT2D eigenvalue weighted by molar-refractivity contribution is -0.122. The Bertz CT molecular complexity index is 797. The molecule has 0 N–H and O–H groups in total.